The van der Waals surface area contributed by atoms with Crippen LogP contribution in [0.3, 0.4) is 0 Å². The van der Waals surface area contributed by atoms with E-state index in [1.165, 1.54) is 12.8 Å². The third-order valence-corrected chi connectivity index (χ3v) is 5.13. The third-order valence-electron chi connectivity index (χ3n) is 5.13. The van der Waals surface area contributed by atoms with E-state index in [1.807, 2.05) is 19.0 Å². The number of hydrogen-bond acceptors (Lipinski definition) is 4. The van der Waals surface area contributed by atoms with Gasteiger partial charge in [0, 0.05) is 23.3 Å². The number of rotatable bonds is 1. The molecule has 3 aliphatic rings. The molecule has 0 aromatic rings. The highest BCUT2D eigenvalue weighted by Gasteiger charge is 2.51. The molecule has 1 fully saturated rings. The van der Waals surface area contributed by atoms with Crippen molar-refractivity contribution < 1.29 is 9.53 Å². The lowest BCUT2D eigenvalue weighted by Gasteiger charge is -2.45. The van der Waals surface area contributed by atoms with Gasteiger partial charge in [-0.05, 0) is 47.3 Å². The molecule has 0 saturated carbocycles. The van der Waals surface area contributed by atoms with Crippen LogP contribution in [0.4, 0.5) is 0 Å². The van der Waals surface area contributed by atoms with E-state index in [9.17, 15) is 4.79 Å². The van der Waals surface area contributed by atoms with Gasteiger partial charge in [-0.3, -0.25) is 9.80 Å². The maximum Gasteiger partial charge on any atom is 0.332 e. The predicted molar refractivity (Wildman–Crippen MR) is 90.8 cm³/mol. The molecule has 0 aromatic carbocycles. The highest BCUT2D eigenvalue weighted by molar-refractivity contribution is 5.89. The lowest BCUT2D eigenvalue weighted by Crippen LogP contribution is -2.55. The van der Waals surface area contributed by atoms with Crippen LogP contribution >= 0.6 is 0 Å². The first-order valence-electron chi connectivity index (χ1n) is 8.48. The molecule has 4 nitrogen and oxygen atoms in total. The number of nitrogens with zero attached hydrogens (tertiary/aromatic N) is 2. The summed E-state index contributed by atoms with van der Waals surface area (Å²) in [5.74, 6) is 6.27. The Labute approximate surface area is 139 Å². The number of esters is 1. The molecule has 3 heterocycles. The molecule has 0 aliphatic carbocycles. The van der Waals surface area contributed by atoms with Crippen molar-refractivity contribution in [3.8, 4) is 11.8 Å². The summed E-state index contributed by atoms with van der Waals surface area (Å²) in [6, 6.07) is 0.555. The number of carbonyl (C=O) groups is 1. The van der Waals surface area contributed by atoms with Crippen LogP contribution in [0.1, 0.15) is 33.1 Å². The topological polar surface area (TPSA) is 32.8 Å². The van der Waals surface area contributed by atoms with E-state index >= 15 is 0 Å². The van der Waals surface area contributed by atoms with Crippen LogP contribution in [-0.4, -0.2) is 60.6 Å². The summed E-state index contributed by atoms with van der Waals surface area (Å²) in [6.07, 6.45) is 7.33. The summed E-state index contributed by atoms with van der Waals surface area (Å²) in [4.78, 5) is 16.5. The summed E-state index contributed by atoms with van der Waals surface area (Å²) in [5, 5.41) is 0. The van der Waals surface area contributed by atoms with Crippen LogP contribution in [0.25, 0.3) is 0 Å². The minimum atomic E-state index is -0.569. The highest BCUT2D eigenvalue weighted by atomic mass is 16.6. The summed E-state index contributed by atoms with van der Waals surface area (Å²) in [7, 11) is 4.01. The first-order valence-corrected chi connectivity index (χ1v) is 8.48. The second-order valence-electron chi connectivity index (χ2n) is 7.20. The molecule has 0 spiro atoms. The summed E-state index contributed by atoms with van der Waals surface area (Å²) < 4.78 is 5.82. The molecule has 0 amide bonds. The average Bonchev–Trinajstić information content (AvgIpc) is 2.78. The van der Waals surface area contributed by atoms with E-state index < -0.39 is 5.60 Å². The first kappa shape index (κ1) is 16.3. The van der Waals surface area contributed by atoms with Crippen molar-refractivity contribution in [3.63, 3.8) is 0 Å². The van der Waals surface area contributed by atoms with E-state index in [0.717, 1.165) is 24.1 Å². The van der Waals surface area contributed by atoms with Gasteiger partial charge in [0.2, 0.25) is 0 Å². The number of piperidine rings is 1. The molecule has 1 saturated heterocycles. The van der Waals surface area contributed by atoms with Crippen molar-refractivity contribution in [2.45, 2.75) is 50.8 Å². The Hall–Kier alpha value is -1.57. The standard InChI is InChI=1S/C19H26N2O2/c1-14-12-15(8-7-10-20(3)4)16-13-18(22)23-19(16,2)17-9-5-6-11-21(14)17/h12-14,17H,5-6,9-11H2,1-4H3/t14-,17+,19-/m0/s1. The van der Waals surface area contributed by atoms with Gasteiger partial charge in [-0.15, -0.1) is 0 Å². The van der Waals surface area contributed by atoms with E-state index in [4.69, 9.17) is 4.74 Å². The number of ether oxygens (including phenoxy) is 1. The Kier molecular flexibility index (Phi) is 4.35. The Bertz CT molecular complexity index is 623. The smallest absolute Gasteiger partial charge is 0.332 e. The quantitative estimate of drug-likeness (QED) is 0.547. The molecule has 0 unspecified atom stereocenters. The number of carbonyl (C=O) groups excluding carboxylic acids is 1. The van der Waals surface area contributed by atoms with Crippen LogP contribution in [-0.2, 0) is 9.53 Å². The van der Waals surface area contributed by atoms with Gasteiger partial charge in [-0.25, -0.2) is 4.79 Å². The van der Waals surface area contributed by atoms with Crippen molar-refractivity contribution in [3.05, 3.63) is 23.3 Å². The third kappa shape index (κ3) is 2.96. The Morgan fingerprint density at radius 1 is 1.43 bits per heavy atom. The fourth-order valence-corrected chi connectivity index (χ4v) is 4.01. The molecule has 3 atom stereocenters. The lowest BCUT2D eigenvalue weighted by atomic mass is 9.81. The monoisotopic (exact) mass is 314 g/mol. The van der Waals surface area contributed by atoms with Crippen LogP contribution < -0.4 is 0 Å². The largest absolute Gasteiger partial charge is 0.450 e. The molecule has 0 bridgehead atoms. The number of hydrogen-bond donors (Lipinski definition) is 0. The van der Waals surface area contributed by atoms with Gasteiger partial charge >= 0.3 is 5.97 Å². The summed E-state index contributed by atoms with van der Waals surface area (Å²) in [6.45, 7) is 6.05. The molecule has 0 aromatic heterocycles. The lowest BCUT2D eigenvalue weighted by molar-refractivity contribution is -0.151. The number of fused-ring (bicyclic) bond motifs is 3. The van der Waals surface area contributed by atoms with Gasteiger partial charge in [-0.2, -0.15) is 0 Å². The molecule has 124 valence electrons. The molecule has 23 heavy (non-hydrogen) atoms. The zero-order chi connectivity index (χ0) is 16.6. The Morgan fingerprint density at radius 2 is 2.22 bits per heavy atom. The van der Waals surface area contributed by atoms with E-state index in [-0.39, 0.29) is 12.0 Å². The molecule has 4 heteroatoms. The van der Waals surface area contributed by atoms with Gasteiger partial charge in [-0.1, -0.05) is 24.3 Å². The SMILES string of the molecule is C[C@H]1C=C(C#CCN(C)C)C2=CC(=O)O[C@]2(C)[C@H]2CCCCN12. The normalized spacial score (nSPS) is 33.7. The Balaban J connectivity index is 2.02. The van der Waals surface area contributed by atoms with Crippen molar-refractivity contribution in [1.29, 1.82) is 0 Å². The van der Waals surface area contributed by atoms with Crippen molar-refractivity contribution in [1.82, 2.24) is 9.80 Å². The molecule has 3 rings (SSSR count). The second-order valence-corrected chi connectivity index (χ2v) is 7.20. The average molecular weight is 314 g/mol. The molecule has 0 radical (unpaired) electrons. The predicted octanol–water partition coefficient (Wildman–Crippen LogP) is 1.98. The van der Waals surface area contributed by atoms with Crippen LogP contribution in [0.2, 0.25) is 0 Å². The van der Waals surface area contributed by atoms with E-state index in [2.05, 4.69) is 36.7 Å². The Morgan fingerprint density at radius 3 is 2.96 bits per heavy atom. The maximum absolute atomic E-state index is 12.0. The van der Waals surface area contributed by atoms with Crippen molar-refractivity contribution in [2.75, 3.05) is 27.2 Å². The van der Waals surface area contributed by atoms with Crippen LogP contribution in [0, 0.1) is 11.8 Å². The molecule has 3 aliphatic heterocycles. The minimum absolute atomic E-state index is 0.233. The first-order chi connectivity index (χ1) is 10.9. The van der Waals surface area contributed by atoms with Crippen LogP contribution in [0.15, 0.2) is 23.3 Å². The molecular formula is C19H26N2O2. The zero-order valence-corrected chi connectivity index (χ0v) is 14.6. The van der Waals surface area contributed by atoms with Gasteiger partial charge in [0.25, 0.3) is 0 Å². The van der Waals surface area contributed by atoms with Gasteiger partial charge in [0.05, 0.1) is 12.6 Å². The van der Waals surface area contributed by atoms with Crippen molar-refractivity contribution in [2.24, 2.45) is 0 Å². The van der Waals surface area contributed by atoms with Gasteiger partial charge < -0.3 is 4.74 Å². The molecular weight excluding hydrogens is 288 g/mol. The fraction of sp³-hybridized carbons (Fsp3) is 0.632. The summed E-state index contributed by atoms with van der Waals surface area (Å²) in [5.41, 5.74) is 1.36. The highest BCUT2D eigenvalue weighted by Crippen LogP contribution is 2.44. The molecule has 0 N–H and O–H groups in total. The fourth-order valence-electron chi connectivity index (χ4n) is 4.01. The van der Waals surface area contributed by atoms with E-state index in [0.29, 0.717) is 12.6 Å². The second kappa shape index (κ2) is 6.14. The van der Waals surface area contributed by atoms with Crippen molar-refractivity contribution >= 4 is 5.97 Å². The van der Waals surface area contributed by atoms with Crippen LogP contribution in [0.5, 0.6) is 0 Å². The summed E-state index contributed by atoms with van der Waals surface area (Å²) >= 11 is 0. The zero-order valence-electron chi connectivity index (χ0n) is 14.6. The minimum Gasteiger partial charge on any atom is -0.450 e. The van der Waals surface area contributed by atoms with Gasteiger partial charge in [0.1, 0.15) is 0 Å². The van der Waals surface area contributed by atoms with E-state index in [1.54, 1.807) is 6.08 Å². The van der Waals surface area contributed by atoms with Gasteiger partial charge in [0.15, 0.2) is 5.60 Å². The maximum atomic E-state index is 12.0.